The van der Waals surface area contributed by atoms with Gasteiger partial charge in [-0.25, -0.2) is 13.4 Å². The first kappa shape index (κ1) is 16.2. The van der Waals surface area contributed by atoms with Gasteiger partial charge in [-0.1, -0.05) is 30.1 Å². The van der Waals surface area contributed by atoms with Crippen molar-refractivity contribution in [3.05, 3.63) is 22.4 Å². The Labute approximate surface area is 121 Å². The summed E-state index contributed by atoms with van der Waals surface area (Å²) in [6.07, 6.45) is 1.11. The second-order valence-corrected chi connectivity index (χ2v) is 6.25. The van der Waals surface area contributed by atoms with Crippen LogP contribution >= 0.6 is 23.2 Å². The molecule has 0 aliphatic rings. The maximum atomic E-state index is 12.3. The largest absolute Gasteiger partial charge is 0.358 e. The summed E-state index contributed by atoms with van der Waals surface area (Å²) in [5, 5.41) is 2.43. The number of hydrogen-bond donors (Lipinski definition) is 1. The van der Waals surface area contributed by atoms with Crippen LogP contribution in [0.2, 0.25) is 10.2 Å². The van der Waals surface area contributed by atoms with Crippen molar-refractivity contribution in [1.82, 2.24) is 14.6 Å². The fourth-order valence-electron chi connectivity index (χ4n) is 1.30. The average molecular weight is 326 g/mol. The first-order valence-electron chi connectivity index (χ1n) is 5.34. The molecule has 0 unspecified atom stereocenters. The van der Waals surface area contributed by atoms with E-state index in [1.807, 2.05) is 0 Å². The van der Waals surface area contributed by atoms with Crippen LogP contribution in [0.4, 0.5) is 0 Å². The molecule has 0 spiro atoms. The summed E-state index contributed by atoms with van der Waals surface area (Å²) < 4.78 is 25.6. The van der Waals surface area contributed by atoms with Crippen LogP contribution in [0.1, 0.15) is 6.92 Å². The highest BCUT2D eigenvalue weighted by atomic mass is 35.5. The molecule has 9 heteroatoms. The summed E-state index contributed by atoms with van der Waals surface area (Å²) in [4.78, 5) is 14.9. The lowest BCUT2D eigenvalue weighted by atomic mass is 10.5. The Kier molecular flexibility index (Phi) is 5.54. The predicted molar refractivity (Wildman–Crippen MR) is 72.8 cm³/mol. The van der Waals surface area contributed by atoms with Crippen molar-refractivity contribution >= 4 is 39.1 Å². The summed E-state index contributed by atoms with van der Waals surface area (Å²) in [6.45, 7) is 1.51. The zero-order valence-corrected chi connectivity index (χ0v) is 12.7. The number of sulfonamides is 1. The molecule has 0 saturated heterocycles. The van der Waals surface area contributed by atoms with Gasteiger partial charge in [0.15, 0.2) is 0 Å². The molecule has 1 aromatic rings. The zero-order chi connectivity index (χ0) is 14.6. The quantitative estimate of drug-likeness (QED) is 0.823. The van der Waals surface area contributed by atoms with Crippen LogP contribution in [0.3, 0.4) is 0 Å². The molecule has 0 saturated carbocycles. The molecular formula is C10H13Cl2N3O3S. The smallest absolute Gasteiger partial charge is 0.245 e. The Morgan fingerprint density at radius 2 is 2.11 bits per heavy atom. The number of amides is 1. The molecule has 1 aromatic heterocycles. The van der Waals surface area contributed by atoms with Gasteiger partial charge in [-0.3, -0.25) is 4.79 Å². The summed E-state index contributed by atoms with van der Waals surface area (Å²) in [5.41, 5.74) is 0. The van der Waals surface area contributed by atoms with Gasteiger partial charge in [0.2, 0.25) is 15.9 Å². The van der Waals surface area contributed by atoms with Crippen LogP contribution < -0.4 is 5.32 Å². The Hall–Kier alpha value is -0.890. The highest BCUT2D eigenvalue weighted by Gasteiger charge is 2.25. The number of carbonyl (C=O) groups excluding carboxylic acids is 1. The maximum absolute atomic E-state index is 12.3. The minimum Gasteiger partial charge on any atom is -0.358 e. The number of rotatable bonds is 5. The molecule has 19 heavy (non-hydrogen) atoms. The molecule has 6 nitrogen and oxygen atoms in total. The summed E-state index contributed by atoms with van der Waals surface area (Å²) in [5.74, 6) is -0.404. The Morgan fingerprint density at radius 3 is 2.58 bits per heavy atom. The highest BCUT2D eigenvalue weighted by Crippen LogP contribution is 2.24. The Morgan fingerprint density at radius 1 is 1.47 bits per heavy atom. The van der Waals surface area contributed by atoms with E-state index in [1.165, 1.54) is 13.1 Å². The van der Waals surface area contributed by atoms with Crippen LogP contribution in [-0.2, 0) is 14.8 Å². The van der Waals surface area contributed by atoms with E-state index in [2.05, 4.69) is 10.3 Å². The van der Waals surface area contributed by atoms with E-state index in [4.69, 9.17) is 23.2 Å². The molecule has 0 aliphatic carbocycles. The molecule has 106 valence electrons. The normalized spacial score (nSPS) is 11.6. The van der Waals surface area contributed by atoms with Gasteiger partial charge in [0.1, 0.15) is 10.0 Å². The topological polar surface area (TPSA) is 79.4 Å². The van der Waals surface area contributed by atoms with Gasteiger partial charge in [0, 0.05) is 19.8 Å². The molecule has 1 N–H and O–H groups in total. The minimum absolute atomic E-state index is 0.0231. The van der Waals surface area contributed by atoms with Crippen molar-refractivity contribution in [2.75, 3.05) is 20.1 Å². The number of halogens is 2. The second kappa shape index (κ2) is 6.51. The van der Waals surface area contributed by atoms with E-state index in [0.717, 1.165) is 10.5 Å². The van der Waals surface area contributed by atoms with Crippen LogP contribution in [0.5, 0.6) is 0 Å². The molecule has 0 aliphatic heterocycles. The maximum Gasteiger partial charge on any atom is 0.245 e. The minimum atomic E-state index is -3.83. The van der Waals surface area contributed by atoms with Crippen molar-refractivity contribution in [1.29, 1.82) is 0 Å². The number of carbonyl (C=O) groups is 1. The third-order valence-corrected chi connectivity index (χ3v) is 4.93. The first-order chi connectivity index (χ1) is 8.82. The van der Waals surface area contributed by atoms with Crippen LogP contribution in [0.15, 0.2) is 17.2 Å². The van der Waals surface area contributed by atoms with Crippen molar-refractivity contribution < 1.29 is 13.2 Å². The SMILES string of the molecule is CCN(CC(=O)NC)S(=O)(=O)c1cnc(Cl)c(Cl)c1. The van der Waals surface area contributed by atoms with E-state index < -0.39 is 15.9 Å². The van der Waals surface area contributed by atoms with E-state index >= 15 is 0 Å². The lowest BCUT2D eigenvalue weighted by molar-refractivity contribution is -0.120. The molecule has 0 bridgehead atoms. The van der Waals surface area contributed by atoms with E-state index in [1.54, 1.807) is 6.92 Å². The van der Waals surface area contributed by atoms with Crippen LogP contribution in [0.25, 0.3) is 0 Å². The lowest BCUT2D eigenvalue weighted by Gasteiger charge is -2.19. The molecule has 1 amide bonds. The first-order valence-corrected chi connectivity index (χ1v) is 7.54. The third kappa shape index (κ3) is 3.79. The van der Waals surface area contributed by atoms with Crippen LogP contribution in [-0.4, -0.2) is 43.8 Å². The third-order valence-electron chi connectivity index (χ3n) is 2.36. The number of nitrogens with one attached hydrogen (secondary N) is 1. The summed E-state index contributed by atoms with van der Waals surface area (Å²) >= 11 is 11.4. The van der Waals surface area contributed by atoms with Crippen molar-refractivity contribution in [3.8, 4) is 0 Å². The number of nitrogens with zero attached hydrogens (tertiary/aromatic N) is 2. The molecule has 1 heterocycles. The van der Waals surface area contributed by atoms with E-state index in [9.17, 15) is 13.2 Å². The summed E-state index contributed by atoms with van der Waals surface area (Å²) in [6, 6.07) is 1.21. The number of likely N-dealkylation sites (N-methyl/N-ethyl adjacent to an activating group) is 2. The molecule has 0 fully saturated rings. The molecule has 0 aromatic carbocycles. The monoisotopic (exact) mass is 325 g/mol. The van der Waals surface area contributed by atoms with Crippen LogP contribution in [0, 0.1) is 0 Å². The van der Waals surface area contributed by atoms with Gasteiger partial charge in [-0.05, 0) is 6.07 Å². The summed E-state index contributed by atoms with van der Waals surface area (Å²) in [7, 11) is -2.39. The second-order valence-electron chi connectivity index (χ2n) is 3.55. The van der Waals surface area contributed by atoms with E-state index in [0.29, 0.717) is 0 Å². The lowest BCUT2D eigenvalue weighted by Crippen LogP contribution is -2.39. The van der Waals surface area contributed by atoms with Crippen molar-refractivity contribution in [2.24, 2.45) is 0 Å². The predicted octanol–water partition coefficient (Wildman–Crippen LogP) is 1.15. The van der Waals surface area contributed by atoms with Gasteiger partial charge in [-0.2, -0.15) is 4.31 Å². The van der Waals surface area contributed by atoms with Crippen molar-refractivity contribution in [3.63, 3.8) is 0 Å². The van der Waals surface area contributed by atoms with Gasteiger partial charge in [0.05, 0.1) is 11.6 Å². The average Bonchev–Trinajstić information content (AvgIpc) is 2.38. The molecule has 1 rings (SSSR count). The Balaban J connectivity index is 3.13. The number of pyridine rings is 1. The number of hydrogen-bond acceptors (Lipinski definition) is 4. The number of aromatic nitrogens is 1. The van der Waals surface area contributed by atoms with Gasteiger partial charge in [0.25, 0.3) is 0 Å². The van der Waals surface area contributed by atoms with E-state index in [-0.39, 0.29) is 28.2 Å². The fraction of sp³-hybridized carbons (Fsp3) is 0.400. The Bertz CT molecular complexity index is 577. The molecule has 0 radical (unpaired) electrons. The molecule has 0 atom stereocenters. The van der Waals surface area contributed by atoms with Gasteiger partial charge >= 0.3 is 0 Å². The molecular weight excluding hydrogens is 313 g/mol. The fourth-order valence-corrected chi connectivity index (χ4v) is 3.01. The highest BCUT2D eigenvalue weighted by molar-refractivity contribution is 7.89. The standard InChI is InChI=1S/C10H13Cl2N3O3S/c1-3-15(6-9(16)13-2)19(17,18)7-4-8(11)10(12)14-5-7/h4-5H,3,6H2,1-2H3,(H,13,16). The van der Waals surface area contributed by atoms with Crippen molar-refractivity contribution in [2.45, 2.75) is 11.8 Å². The van der Waals surface area contributed by atoms with Gasteiger partial charge < -0.3 is 5.32 Å². The zero-order valence-electron chi connectivity index (χ0n) is 10.4. The van der Waals surface area contributed by atoms with Gasteiger partial charge in [-0.15, -0.1) is 0 Å².